The van der Waals surface area contributed by atoms with Crippen LogP contribution in [-0.4, -0.2) is 79.2 Å². The van der Waals surface area contributed by atoms with Crippen LogP contribution in [0, 0.1) is 0 Å². The Morgan fingerprint density at radius 2 is 1.11 bits per heavy atom. The maximum Gasteiger partial charge on any atom is 0.186 e. The number of hydrogen-bond acceptors (Lipinski definition) is 11. The molecule has 3 aromatic carbocycles. The quantitative estimate of drug-likeness (QED) is 0.0811. The number of thiazole rings is 1. The number of hydrogen-bond donors (Lipinski definition) is 0. The van der Waals surface area contributed by atoms with Crippen LogP contribution in [0.15, 0.2) is 78.2 Å². The number of benzene rings is 3. The molecule has 47 heavy (non-hydrogen) atoms. The normalized spacial score (nSPS) is 11.0. The molecule has 254 valence electrons. The standard InChI is InChI=1S/C36H46N2O8S/c1-39-13-19-45-34-11-4-7-29(21-34)24-38(25-30-8-5-12-35(22-30)46-20-14-40-2)36-37-32(28-47-36)27-44-18-16-42-15-17-43-26-31-9-6-10-33(23-31)41-3/h4-12,21-23,28H,13-20,24-27H2,1-3H3. The van der Waals surface area contributed by atoms with Crippen molar-refractivity contribution in [3.63, 3.8) is 0 Å². The molecule has 1 aromatic heterocycles. The maximum atomic E-state index is 5.87. The Kier molecular flexibility index (Phi) is 16.3. The molecular weight excluding hydrogens is 620 g/mol. The van der Waals surface area contributed by atoms with Crippen molar-refractivity contribution in [3.05, 3.63) is 101 Å². The minimum atomic E-state index is 0.408. The fourth-order valence-electron chi connectivity index (χ4n) is 4.56. The highest BCUT2D eigenvalue weighted by Gasteiger charge is 2.15. The summed E-state index contributed by atoms with van der Waals surface area (Å²) in [4.78, 5) is 7.18. The van der Waals surface area contributed by atoms with Gasteiger partial charge in [0.15, 0.2) is 5.13 Å². The zero-order chi connectivity index (χ0) is 32.9. The van der Waals surface area contributed by atoms with E-state index in [0.717, 1.165) is 44.8 Å². The first-order valence-corrected chi connectivity index (χ1v) is 16.5. The van der Waals surface area contributed by atoms with Crippen LogP contribution in [0.1, 0.15) is 22.4 Å². The molecule has 0 spiro atoms. The molecule has 11 heteroatoms. The van der Waals surface area contributed by atoms with Crippen LogP contribution in [0.2, 0.25) is 0 Å². The van der Waals surface area contributed by atoms with Gasteiger partial charge in [-0.05, 0) is 53.1 Å². The highest BCUT2D eigenvalue weighted by Crippen LogP contribution is 2.27. The SMILES string of the molecule is COCCOc1cccc(CN(Cc2cccc(OCCOC)c2)c2nc(COCCOCCOCc3cccc(OC)c3)cs2)c1. The van der Waals surface area contributed by atoms with Gasteiger partial charge in [-0.25, -0.2) is 4.98 Å². The van der Waals surface area contributed by atoms with E-state index < -0.39 is 0 Å². The van der Waals surface area contributed by atoms with Crippen LogP contribution < -0.4 is 19.1 Å². The zero-order valence-corrected chi connectivity index (χ0v) is 28.4. The summed E-state index contributed by atoms with van der Waals surface area (Å²) in [5.41, 5.74) is 4.18. The lowest BCUT2D eigenvalue weighted by atomic mass is 10.1. The Hall–Kier alpha value is -3.71. The van der Waals surface area contributed by atoms with Crippen LogP contribution in [-0.2, 0) is 50.0 Å². The molecule has 4 rings (SSSR count). The third kappa shape index (κ3) is 13.5. The lowest BCUT2D eigenvalue weighted by Gasteiger charge is -2.23. The molecule has 0 bridgehead atoms. The Labute approximate surface area is 282 Å². The molecule has 0 saturated carbocycles. The van der Waals surface area contributed by atoms with Gasteiger partial charge in [-0.3, -0.25) is 0 Å². The lowest BCUT2D eigenvalue weighted by molar-refractivity contribution is 0.00659. The highest BCUT2D eigenvalue weighted by atomic mass is 32.1. The summed E-state index contributed by atoms with van der Waals surface area (Å²) < 4.78 is 44.5. The van der Waals surface area contributed by atoms with Crippen molar-refractivity contribution in [2.24, 2.45) is 0 Å². The molecule has 0 amide bonds. The lowest BCUT2D eigenvalue weighted by Crippen LogP contribution is -2.22. The number of nitrogens with zero attached hydrogens (tertiary/aromatic N) is 2. The zero-order valence-electron chi connectivity index (χ0n) is 27.6. The average molecular weight is 667 g/mol. The first-order valence-electron chi connectivity index (χ1n) is 15.6. The van der Waals surface area contributed by atoms with Gasteiger partial charge in [-0.15, -0.1) is 11.3 Å². The van der Waals surface area contributed by atoms with Gasteiger partial charge in [0.1, 0.15) is 30.5 Å². The van der Waals surface area contributed by atoms with Gasteiger partial charge in [0.05, 0.1) is 65.7 Å². The largest absolute Gasteiger partial charge is 0.497 e. The van der Waals surface area contributed by atoms with Crippen LogP contribution >= 0.6 is 11.3 Å². The van der Waals surface area contributed by atoms with Crippen LogP contribution in [0.3, 0.4) is 0 Å². The molecule has 0 fully saturated rings. The maximum absolute atomic E-state index is 5.87. The van der Waals surface area contributed by atoms with E-state index in [-0.39, 0.29) is 0 Å². The summed E-state index contributed by atoms with van der Waals surface area (Å²) in [5, 5.41) is 2.95. The predicted molar refractivity (Wildman–Crippen MR) is 183 cm³/mol. The van der Waals surface area contributed by atoms with Crippen LogP contribution in [0.5, 0.6) is 17.2 Å². The van der Waals surface area contributed by atoms with E-state index in [1.807, 2.05) is 53.9 Å². The van der Waals surface area contributed by atoms with Crippen molar-refractivity contribution < 1.29 is 37.9 Å². The predicted octanol–water partition coefficient (Wildman–Crippen LogP) is 6.16. The van der Waals surface area contributed by atoms with Crippen molar-refractivity contribution in [2.45, 2.75) is 26.3 Å². The molecule has 0 atom stereocenters. The molecule has 0 aliphatic heterocycles. The molecule has 0 N–H and O–H groups in total. The highest BCUT2D eigenvalue weighted by molar-refractivity contribution is 7.13. The molecule has 0 saturated heterocycles. The molecule has 0 aliphatic rings. The van der Waals surface area contributed by atoms with Crippen LogP contribution in [0.4, 0.5) is 5.13 Å². The average Bonchev–Trinajstić information content (AvgIpc) is 3.57. The number of methoxy groups -OCH3 is 3. The van der Waals surface area contributed by atoms with Crippen molar-refractivity contribution in [1.82, 2.24) is 4.98 Å². The van der Waals surface area contributed by atoms with Crippen molar-refractivity contribution in [1.29, 1.82) is 0 Å². The van der Waals surface area contributed by atoms with Gasteiger partial charge in [0, 0.05) is 32.7 Å². The van der Waals surface area contributed by atoms with Crippen molar-refractivity contribution >= 4 is 16.5 Å². The first kappa shape index (κ1) is 36.1. The molecule has 0 unspecified atom stereocenters. The van der Waals surface area contributed by atoms with Crippen molar-refractivity contribution in [3.8, 4) is 17.2 Å². The molecule has 0 radical (unpaired) electrons. The van der Waals surface area contributed by atoms with Gasteiger partial charge < -0.3 is 42.8 Å². The number of ether oxygens (including phenoxy) is 8. The fourth-order valence-corrected chi connectivity index (χ4v) is 5.37. The summed E-state index contributed by atoms with van der Waals surface area (Å²) in [6, 6.07) is 24.1. The Bertz CT molecular complexity index is 1380. The van der Waals surface area contributed by atoms with E-state index in [1.54, 1.807) is 32.7 Å². The van der Waals surface area contributed by atoms with Gasteiger partial charge in [0.2, 0.25) is 0 Å². The second kappa shape index (κ2) is 21.2. The van der Waals surface area contributed by atoms with E-state index in [0.29, 0.717) is 79.2 Å². The first-order chi connectivity index (χ1) is 23.2. The van der Waals surface area contributed by atoms with Crippen molar-refractivity contribution in [2.75, 3.05) is 79.1 Å². The summed E-state index contributed by atoms with van der Waals surface area (Å²) in [6.45, 7) is 6.26. The molecule has 10 nitrogen and oxygen atoms in total. The summed E-state index contributed by atoms with van der Waals surface area (Å²) in [6.07, 6.45) is 0. The van der Waals surface area contributed by atoms with Crippen LogP contribution in [0.25, 0.3) is 0 Å². The van der Waals surface area contributed by atoms with E-state index in [4.69, 9.17) is 42.9 Å². The van der Waals surface area contributed by atoms with E-state index in [2.05, 4.69) is 29.2 Å². The Balaban J connectivity index is 1.27. The van der Waals surface area contributed by atoms with E-state index in [9.17, 15) is 0 Å². The second-order valence-electron chi connectivity index (χ2n) is 10.5. The smallest absolute Gasteiger partial charge is 0.186 e. The van der Waals surface area contributed by atoms with Gasteiger partial charge in [-0.2, -0.15) is 0 Å². The van der Waals surface area contributed by atoms with E-state index in [1.165, 1.54) is 0 Å². The summed E-state index contributed by atoms with van der Waals surface area (Å²) in [5.74, 6) is 2.45. The molecule has 4 aromatic rings. The Morgan fingerprint density at radius 3 is 1.70 bits per heavy atom. The second-order valence-corrected chi connectivity index (χ2v) is 11.4. The minimum absolute atomic E-state index is 0.408. The summed E-state index contributed by atoms with van der Waals surface area (Å²) >= 11 is 1.60. The number of rotatable bonds is 24. The van der Waals surface area contributed by atoms with Gasteiger partial charge in [-0.1, -0.05) is 36.4 Å². The van der Waals surface area contributed by atoms with Gasteiger partial charge >= 0.3 is 0 Å². The molecule has 1 heterocycles. The topological polar surface area (TPSA) is 90.0 Å². The third-order valence-corrected chi connectivity index (χ3v) is 7.81. The van der Waals surface area contributed by atoms with E-state index >= 15 is 0 Å². The third-order valence-electron chi connectivity index (χ3n) is 6.86. The minimum Gasteiger partial charge on any atom is -0.497 e. The molecular formula is C36H46N2O8S. The number of aromatic nitrogens is 1. The monoisotopic (exact) mass is 666 g/mol. The van der Waals surface area contributed by atoms with Gasteiger partial charge in [0.25, 0.3) is 0 Å². The fraction of sp³-hybridized carbons (Fsp3) is 0.417. The Morgan fingerprint density at radius 1 is 0.574 bits per heavy atom. The summed E-state index contributed by atoms with van der Waals surface area (Å²) in [7, 11) is 4.99. The number of anilines is 1. The molecule has 0 aliphatic carbocycles.